The van der Waals surface area contributed by atoms with E-state index in [1.165, 1.54) is 24.3 Å². The Hall–Kier alpha value is -2.69. The minimum absolute atomic E-state index is 0.0425. The van der Waals surface area contributed by atoms with Gasteiger partial charge in [0.25, 0.3) is 5.91 Å². The van der Waals surface area contributed by atoms with E-state index in [0.29, 0.717) is 31.5 Å². The van der Waals surface area contributed by atoms with Crippen LogP contribution in [0.4, 0.5) is 23.2 Å². The Morgan fingerprint density at radius 1 is 1.23 bits per heavy atom. The zero-order chi connectivity index (χ0) is 22.7. The number of aromatic nitrogens is 1. The predicted molar refractivity (Wildman–Crippen MR) is 102 cm³/mol. The highest BCUT2D eigenvalue weighted by Gasteiger charge is 2.69. The van der Waals surface area contributed by atoms with Gasteiger partial charge in [0.05, 0.1) is 17.1 Å². The fourth-order valence-corrected chi connectivity index (χ4v) is 4.79. The summed E-state index contributed by atoms with van der Waals surface area (Å²) < 4.78 is 82.0. The minimum atomic E-state index is -4.73. The fraction of sp³-hybridized carbons (Fsp3) is 0.400. The van der Waals surface area contributed by atoms with Crippen molar-refractivity contribution < 1.29 is 35.5 Å². The number of hydrogen-bond acceptors (Lipinski definition) is 5. The first kappa shape index (κ1) is 21.5. The summed E-state index contributed by atoms with van der Waals surface area (Å²) in [5, 5.41) is 2.38. The first-order valence-corrected chi connectivity index (χ1v) is 11.2. The molecule has 2 bridgehead atoms. The number of anilines is 1. The van der Waals surface area contributed by atoms with Crippen molar-refractivity contribution in [2.45, 2.75) is 36.0 Å². The summed E-state index contributed by atoms with van der Waals surface area (Å²) in [5.41, 5.74) is -3.04. The third-order valence-corrected chi connectivity index (χ3v) is 6.64. The zero-order valence-electron chi connectivity index (χ0n) is 16.3. The van der Waals surface area contributed by atoms with Crippen LogP contribution in [0.3, 0.4) is 0 Å². The van der Waals surface area contributed by atoms with Gasteiger partial charge in [0.2, 0.25) is 5.88 Å². The van der Waals surface area contributed by atoms with E-state index in [0.717, 1.165) is 6.26 Å². The van der Waals surface area contributed by atoms with Crippen molar-refractivity contribution in [3.63, 3.8) is 0 Å². The molecule has 3 fully saturated rings. The van der Waals surface area contributed by atoms with Gasteiger partial charge in [-0.15, -0.1) is 0 Å². The monoisotopic (exact) mass is 458 g/mol. The first-order valence-electron chi connectivity index (χ1n) is 9.29. The number of nitrogens with one attached hydrogen (secondary N) is 1. The fourth-order valence-electron chi connectivity index (χ4n) is 4.12. The van der Waals surface area contributed by atoms with E-state index in [-0.39, 0.29) is 28.5 Å². The van der Waals surface area contributed by atoms with Crippen molar-refractivity contribution >= 4 is 21.4 Å². The summed E-state index contributed by atoms with van der Waals surface area (Å²) in [5.74, 6) is -1.25. The summed E-state index contributed by atoms with van der Waals surface area (Å²) in [6.45, 7) is 0.0425. The molecule has 1 N–H and O–H groups in total. The number of carbonyl (C=O) groups is 1. The van der Waals surface area contributed by atoms with E-state index < -0.39 is 38.7 Å². The van der Waals surface area contributed by atoms with E-state index in [1.54, 1.807) is 0 Å². The topological polar surface area (TPSA) is 85.4 Å². The number of halogens is 4. The molecule has 3 saturated carbocycles. The second-order valence-electron chi connectivity index (χ2n) is 8.30. The molecule has 0 saturated heterocycles. The quantitative estimate of drug-likeness (QED) is 0.661. The summed E-state index contributed by atoms with van der Waals surface area (Å²) in [6, 6.07) is 5.93. The Balaban J connectivity index is 1.59. The first-order chi connectivity index (χ1) is 14.3. The lowest BCUT2D eigenvalue weighted by Crippen LogP contribution is -2.66. The van der Waals surface area contributed by atoms with Gasteiger partial charge in [-0.1, -0.05) is 6.07 Å². The van der Waals surface area contributed by atoms with Crippen LogP contribution in [0.15, 0.2) is 41.4 Å². The maximum Gasteiger partial charge on any atom is 0.417 e. The number of alkyl halides is 4. The lowest BCUT2D eigenvalue weighted by Gasteiger charge is -2.65. The van der Waals surface area contributed by atoms with Crippen LogP contribution in [0, 0.1) is 5.41 Å². The number of amides is 1. The molecule has 5 rings (SSSR count). The van der Waals surface area contributed by atoms with Crippen LogP contribution in [0.2, 0.25) is 0 Å². The van der Waals surface area contributed by atoms with Crippen molar-refractivity contribution in [1.82, 2.24) is 4.98 Å². The average Bonchev–Trinajstić information content (AvgIpc) is 2.62. The largest absolute Gasteiger partial charge is 0.477 e. The van der Waals surface area contributed by atoms with Gasteiger partial charge in [0.1, 0.15) is 11.2 Å². The molecular weight excluding hydrogens is 440 g/mol. The van der Waals surface area contributed by atoms with Gasteiger partial charge in [-0.25, -0.2) is 17.8 Å². The van der Waals surface area contributed by atoms with Gasteiger partial charge in [0.15, 0.2) is 9.84 Å². The van der Waals surface area contributed by atoms with E-state index in [9.17, 15) is 30.8 Å². The Labute approximate surface area is 175 Å². The molecule has 1 aromatic heterocycles. The van der Waals surface area contributed by atoms with E-state index >= 15 is 0 Å². The Morgan fingerprint density at radius 3 is 2.48 bits per heavy atom. The lowest BCUT2D eigenvalue weighted by molar-refractivity contribution is -0.226. The molecule has 3 aliphatic carbocycles. The van der Waals surface area contributed by atoms with Crippen molar-refractivity contribution in [2.24, 2.45) is 5.41 Å². The number of carbonyl (C=O) groups excluding carboxylic acids is 1. The van der Waals surface area contributed by atoms with Crippen molar-refractivity contribution in [3.05, 3.63) is 47.7 Å². The van der Waals surface area contributed by atoms with Crippen molar-refractivity contribution in [1.29, 1.82) is 0 Å². The van der Waals surface area contributed by atoms with Gasteiger partial charge in [0, 0.05) is 23.6 Å². The summed E-state index contributed by atoms with van der Waals surface area (Å²) in [7, 11) is -3.55. The number of sulfone groups is 1. The molecule has 0 spiro atoms. The summed E-state index contributed by atoms with van der Waals surface area (Å²) >= 11 is 0. The standard InChI is InChI=1S/C20H18F4N2O4S/c1-31(28,29)14-4-2-3-13(6-14)26-16(27)15-5-12(20(22,23)24)7-25-17(15)30-11-18-8-19(21,9-18)10-18/h2-7H,8-11H2,1H3,(H,26,27). The van der Waals surface area contributed by atoms with Crippen LogP contribution < -0.4 is 10.1 Å². The molecule has 11 heteroatoms. The molecule has 6 nitrogen and oxygen atoms in total. The number of benzene rings is 1. The van der Waals surface area contributed by atoms with Gasteiger partial charge < -0.3 is 10.1 Å². The molecular formula is C20H18F4N2O4S. The second kappa shape index (κ2) is 6.91. The molecule has 166 valence electrons. The number of nitrogens with zero attached hydrogens (tertiary/aromatic N) is 1. The summed E-state index contributed by atoms with van der Waals surface area (Å²) in [4.78, 5) is 16.3. The summed E-state index contributed by atoms with van der Waals surface area (Å²) in [6.07, 6.45) is -2.22. The average molecular weight is 458 g/mol. The molecule has 0 unspecified atom stereocenters. The van der Waals surface area contributed by atoms with E-state index in [4.69, 9.17) is 4.74 Å². The Kier molecular flexibility index (Phi) is 4.80. The van der Waals surface area contributed by atoms with Crippen molar-refractivity contribution in [3.8, 4) is 5.88 Å². The highest BCUT2D eigenvalue weighted by atomic mass is 32.2. The van der Waals surface area contributed by atoms with Crippen LogP contribution in [-0.4, -0.2) is 37.8 Å². The number of rotatable bonds is 6. The molecule has 1 heterocycles. The number of ether oxygens (including phenoxy) is 1. The normalized spacial score (nSPS) is 24.7. The molecule has 0 radical (unpaired) electrons. The van der Waals surface area contributed by atoms with Gasteiger partial charge in [-0.05, 0) is 43.5 Å². The van der Waals surface area contributed by atoms with Gasteiger partial charge >= 0.3 is 6.18 Å². The molecule has 0 atom stereocenters. The molecule has 0 aliphatic heterocycles. The van der Waals surface area contributed by atoms with Crippen LogP contribution >= 0.6 is 0 Å². The van der Waals surface area contributed by atoms with Crippen LogP contribution in [0.1, 0.15) is 35.2 Å². The SMILES string of the molecule is CS(=O)(=O)c1cccc(NC(=O)c2cc(C(F)(F)F)cnc2OCC23CC(F)(C2)C3)c1. The Morgan fingerprint density at radius 2 is 1.90 bits per heavy atom. The second-order valence-corrected chi connectivity index (χ2v) is 10.3. The smallest absolute Gasteiger partial charge is 0.417 e. The molecule has 3 aliphatic rings. The lowest BCUT2D eigenvalue weighted by atomic mass is 9.43. The molecule has 1 amide bonds. The highest BCUT2D eigenvalue weighted by Crippen LogP contribution is 2.69. The maximum atomic E-state index is 13.7. The van der Waals surface area contributed by atoms with E-state index in [2.05, 4.69) is 10.3 Å². The maximum absolute atomic E-state index is 13.7. The van der Waals surface area contributed by atoms with Gasteiger partial charge in [-0.3, -0.25) is 4.79 Å². The highest BCUT2D eigenvalue weighted by molar-refractivity contribution is 7.90. The van der Waals surface area contributed by atoms with Gasteiger partial charge in [-0.2, -0.15) is 13.2 Å². The number of hydrogen-bond donors (Lipinski definition) is 1. The third kappa shape index (κ3) is 4.23. The van der Waals surface area contributed by atoms with E-state index in [1.807, 2.05) is 0 Å². The molecule has 2 aromatic rings. The van der Waals surface area contributed by atoms with Crippen LogP contribution in [-0.2, 0) is 16.0 Å². The number of pyridine rings is 1. The third-order valence-electron chi connectivity index (χ3n) is 5.53. The van der Waals surface area contributed by atoms with Crippen LogP contribution in [0.25, 0.3) is 0 Å². The Bertz CT molecular complexity index is 1140. The van der Waals surface area contributed by atoms with Crippen LogP contribution in [0.5, 0.6) is 5.88 Å². The van der Waals surface area contributed by atoms with Crippen molar-refractivity contribution in [2.75, 3.05) is 18.2 Å². The zero-order valence-corrected chi connectivity index (χ0v) is 17.1. The minimum Gasteiger partial charge on any atom is -0.477 e. The molecule has 1 aromatic carbocycles. The predicted octanol–water partition coefficient (Wildman–Crippen LogP) is 4.03. The molecule has 31 heavy (non-hydrogen) atoms.